The Morgan fingerprint density at radius 3 is 2.58 bits per heavy atom. The number of aliphatic imine (C=N–C) groups is 1. The zero-order valence-electron chi connectivity index (χ0n) is 14.0. The second kappa shape index (κ2) is 8.56. The molecule has 8 N–H and O–H groups in total. The van der Waals surface area contributed by atoms with Crippen molar-refractivity contribution in [1.29, 1.82) is 0 Å². The minimum absolute atomic E-state index is 0.00539. The van der Waals surface area contributed by atoms with E-state index in [4.69, 9.17) is 16.6 Å². The number of unbranched alkanes of at least 4 members (excludes halogenated alkanes) is 1. The van der Waals surface area contributed by atoms with Crippen LogP contribution < -0.4 is 22.1 Å². The molecule has 2 aromatic rings. The monoisotopic (exact) mass is 359 g/mol. The number of hydrogen-bond donors (Lipinski definition) is 6. The highest BCUT2D eigenvalue weighted by molar-refractivity contribution is 6.00. The van der Waals surface area contributed by atoms with Crippen LogP contribution in [-0.4, -0.2) is 41.3 Å². The zero-order valence-corrected chi connectivity index (χ0v) is 14.0. The van der Waals surface area contributed by atoms with Crippen LogP contribution in [0.4, 0.5) is 10.5 Å². The highest BCUT2D eigenvalue weighted by Gasteiger charge is 2.10. The predicted octanol–water partition coefficient (Wildman–Crippen LogP) is 1.42. The van der Waals surface area contributed by atoms with Gasteiger partial charge in [-0.05, 0) is 42.5 Å². The second-order valence-electron chi connectivity index (χ2n) is 5.63. The molecular formula is C17H21N5O4. The summed E-state index contributed by atoms with van der Waals surface area (Å²) in [6, 6.07) is 7.09. The zero-order chi connectivity index (χ0) is 19.1. The van der Waals surface area contributed by atoms with Crippen molar-refractivity contribution in [3.63, 3.8) is 0 Å². The molecule has 138 valence electrons. The van der Waals surface area contributed by atoms with Crippen molar-refractivity contribution in [2.24, 2.45) is 16.5 Å². The van der Waals surface area contributed by atoms with Gasteiger partial charge in [-0.2, -0.15) is 0 Å². The molecule has 0 unspecified atom stereocenters. The topological polar surface area (TPSA) is 163 Å². The van der Waals surface area contributed by atoms with Crippen LogP contribution in [0.15, 0.2) is 35.3 Å². The van der Waals surface area contributed by atoms with E-state index >= 15 is 0 Å². The van der Waals surface area contributed by atoms with Crippen molar-refractivity contribution in [3.05, 3.63) is 35.9 Å². The predicted molar refractivity (Wildman–Crippen MR) is 99.5 cm³/mol. The Kier molecular flexibility index (Phi) is 6.20. The number of carboxylic acids is 1. The number of phenolic OH excluding ortho intramolecular Hbond substituents is 1. The van der Waals surface area contributed by atoms with Gasteiger partial charge in [0, 0.05) is 24.2 Å². The highest BCUT2D eigenvalue weighted by Crippen LogP contribution is 2.29. The Bertz CT molecular complexity index is 846. The number of nitrogens with zero attached hydrogens (tertiary/aromatic N) is 1. The minimum Gasteiger partial charge on any atom is -0.507 e. The van der Waals surface area contributed by atoms with Gasteiger partial charge in [-0.15, -0.1) is 0 Å². The average molecular weight is 359 g/mol. The number of fused-ring (bicyclic) bond motifs is 1. The molecular weight excluding hydrogens is 338 g/mol. The van der Waals surface area contributed by atoms with Crippen LogP contribution in [0.5, 0.6) is 5.75 Å². The molecule has 0 atom stereocenters. The SMILES string of the molecule is NC(N)=NCCCCNC(=O)Nc1ccc2cc(C(=O)O)cc(O)c2c1. The maximum Gasteiger partial charge on any atom is 0.335 e. The van der Waals surface area contributed by atoms with Crippen molar-refractivity contribution in [1.82, 2.24) is 5.32 Å². The molecule has 0 heterocycles. The van der Waals surface area contributed by atoms with Crippen molar-refractivity contribution in [3.8, 4) is 5.75 Å². The number of carboxylic acid groups (broad SMARTS) is 1. The minimum atomic E-state index is -1.12. The number of benzene rings is 2. The molecule has 0 aliphatic rings. The number of guanidine groups is 1. The normalized spacial score (nSPS) is 10.3. The molecule has 0 bridgehead atoms. The van der Waals surface area contributed by atoms with Gasteiger partial charge in [-0.1, -0.05) is 6.07 Å². The summed E-state index contributed by atoms with van der Waals surface area (Å²) in [6.07, 6.45) is 1.47. The lowest BCUT2D eigenvalue weighted by Crippen LogP contribution is -2.29. The Morgan fingerprint density at radius 2 is 1.88 bits per heavy atom. The molecule has 26 heavy (non-hydrogen) atoms. The fourth-order valence-electron chi connectivity index (χ4n) is 2.36. The lowest BCUT2D eigenvalue weighted by atomic mass is 10.1. The number of nitrogens with one attached hydrogen (secondary N) is 2. The number of carbonyl (C=O) groups excluding carboxylic acids is 1. The molecule has 0 aliphatic carbocycles. The van der Waals surface area contributed by atoms with Gasteiger partial charge in [0.25, 0.3) is 0 Å². The second-order valence-corrected chi connectivity index (χ2v) is 5.63. The first-order valence-corrected chi connectivity index (χ1v) is 7.97. The first-order chi connectivity index (χ1) is 12.4. The summed E-state index contributed by atoms with van der Waals surface area (Å²) in [5.41, 5.74) is 10.9. The summed E-state index contributed by atoms with van der Waals surface area (Å²) < 4.78 is 0. The molecule has 0 spiro atoms. The van der Waals surface area contributed by atoms with Crippen molar-refractivity contribution in [2.75, 3.05) is 18.4 Å². The van der Waals surface area contributed by atoms with Gasteiger partial charge >= 0.3 is 12.0 Å². The van der Waals surface area contributed by atoms with E-state index in [1.54, 1.807) is 18.2 Å². The Labute approximate surface area is 149 Å². The number of urea groups is 1. The van der Waals surface area contributed by atoms with Crippen molar-refractivity contribution in [2.45, 2.75) is 12.8 Å². The number of aromatic hydroxyl groups is 1. The van der Waals surface area contributed by atoms with Gasteiger partial charge in [0.15, 0.2) is 5.96 Å². The van der Waals surface area contributed by atoms with Crippen LogP contribution in [0.25, 0.3) is 10.8 Å². The van der Waals surface area contributed by atoms with Gasteiger partial charge in [0.05, 0.1) is 5.56 Å². The Balaban J connectivity index is 1.93. The molecule has 2 amide bonds. The lowest BCUT2D eigenvalue weighted by Gasteiger charge is -2.09. The molecule has 0 aliphatic heterocycles. The summed E-state index contributed by atoms with van der Waals surface area (Å²) in [6.45, 7) is 0.973. The first-order valence-electron chi connectivity index (χ1n) is 7.97. The number of phenols is 1. The van der Waals surface area contributed by atoms with E-state index < -0.39 is 5.97 Å². The van der Waals surface area contributed by atoms with Crippen LogP contribution in [-0.2, 0) is 0 Å². The van der Waals surface area contributed by atoms with Gasteiger partial charge in [0.2, 0.25) is 0 Å². The van der Waals surface area contributed by atoms with Gasteiger partial charge in [-0.3, -0.25) is 4.99 Å². The van der Waals surface area contributed by atoms with E-state index in [9.17, 15) is 14.7 Å². The van der Waals surface area contributed by atoms with E-state index in [1.165, 1.54) is 12.1 Å². The third-order valence-corrected chi connectivity index (χ3v) is 3.60. The molecule has 9 nitrogen and oxygen atoms in total. The number of amides is 2. The smallest absolute Gasteiger partial charge is 0.335 e. The largest absolute Gasteiger partial charge is 0.507 e. The average Bonchev–Trinajstić information content (AvgIpc) is 2.58. The summed E-state index contributed by atoms with van der Waals surface area (Å²) >= 11 is 0. The molecule has 9 heteroatoms. The van der Waals surface area contributed by atoms with Gasteiger partial charge < -0.3 is 32.3 Å². The number of nitrogens with two attached hydrogens (primary N) is 2. The van der Waals surface area contributed by atoms with E-state index in [0.29, 0.717) is 29.5 Å². The van der Waals surface area contributed by atoms with E-state index in [0.717, 1.165) is 12.8 Å². The molecule has 0 saturated heterocycles. The highest BCUT2D eigenvalue weighted by atomic mass is 16.4. The number of rotatable bonds is 7. The molecule has 2 aromatic carbocycles. The summed E-state index contributed by atoms with van der Waals surface area (Å²) in [4.78, 5) is 26.7. The fraction of sp³-hybridized carbons (Fsp3) is 0.235. The van der Waals surface area contributed by atoms with Crippen molar-refractivity contribution >= 4 is 34.4 Å². The maximum atomic E-state index is 11.9. The third kappa shape index (κ3) is 5.26. The van der Waals surface area contributed by atoms with Crippen LogP contribution in [0.1, 0.15) is 23.2 Å². The molecule has 2 rings (SSSR count). The lowest BCUT2D eigenvalue weighted by molar-refractivity contribution is 0.0696. The van der Waals surface area contributed by atoms with Crippen LogP contribution in [0.3, 0.4) is 0 Å². The fourth-order valence-corrected chi connectivity index (χ4v) is 2.36. The summed E-state index contributed by atoms with van der Waals surface area (Å²) in [5.74, 6) is -1.24. The molecule has 0 aromatic heterocycles. The van der Waals surface area contributed by atoms with Crippen LogP contribution >= 0.6 is 0 Å². The quantitative estimate of drug-likeness (QED) is 0.249. The van der Waals surface area contributed by atoms with E-state index in [2.05, 4.69) is 15.6 Å². The van der Waals surface area contributed by atoms with Gasteiger partial charge in [-0.25, -0.2) is 9.59 Å². The summed E-state index contributed by atoms with van der Waals surface area (Å²) in [7, 11) is 0. The molecule has 0 saturated carbocycles. The van der Waals surface area contributed by atoms with Gasteiger partial charge in [0.1, 0.15) is 5.75 Å². The number of aromatic carboxylic acids is 1. The van der Waals surface area contributed by atoms with Crippen molar-refractivity contribution < 1.29 is 19.8 Å². The number of anilines is 1. The maximum absolute atomic E-state index is 11.9. The molecule has 0 radical (unpaired) electrons. The molecule has 0 fully saturated rings. The van der Waals surface area contributed by atoms with Crippen LogP contribution in [0.2, 0.25) is 0 Å². The summed E-state index contributed by atoms with van der Waals surface area (Å²) in [5, 5.41) is 25.4. The Hall–Kier alpha value is -3.49. The van der Waals surface area contributed by atoms with E-state index in [1.807, 2.05) is 0 Å². The van der Waals surface area contributed by atoms with Crippen LogP contribution in [0, 0.1) is 0 Å². The van der Waals surface area contributed by atoms with E-state index in [-0.39, 0.29) is 23.3 Å². The Morgan fingerprint density at radius 1 is 1.12 bits per heavy atom. The number of hydrogen-bond acceptors (Lipinski definition) is 4. The standard InChI is InChI=1S/C17H21N5O4/c18-16(19)20-5-1-2-6-21-17(26)22-12-4-3-10-7-11(15(24)25)8-14(23)13(10)9-12/h3-4,7-9,23H,1-2,5-6H2,(H,24,25)(H4,18,19,20)(H2,21,22,26). The number of carbonyl (C=O) groups is 2. The third-order valence-electron chi connectivity index (χ3n) is 3.60. The first kappa shape index (κ1) is 18.8.